The Hall–Kier alpha value is 1.06. The Bertz CT molecular complexity index is 308. The van der Waals surface area contributed by atoms with E-state index in [-0.39, 0.29) is 51.4 Å². The van der Waals surface area contributed by atoms with E-state index in [1.165, 1.54) is 0 Å². The van der Waals surface area contributed by atoms with Gasteiger partial charge in [-0.1, -0.05) is 0 Å². The van der Waals surface area contributed by atoms with Gasteiger partial charge < -0.3 is 4.79 Å². The number of hydrogen-bond acceptors (Lipinski definition) is 7. The molecule has 0 unspecified atom stereocenters. The van der Waals surface area contributed by atoms with Gasteiger partial charge in [-0.05, 0) is 0 Å². The summed E-state index contributed by atoms with van der Waals surface area (Å²) in [5.74, 6) is 0. The molecular formula is CH4KMnO9S. The molecule has 0 aliphatic carbocycles. The average Bonchev–Trinajstić information content (AvgIpc) is 1.59. The molecule has 0 aromatic heterocycles. The molecule has 0 aliphatic heterocycles. The average molecular weight is 286 g/mol. The van der Waals surface area contributed by atoms with Gasteiger partial charge in [0, 0.05) is 0 Å². The third-order valence-electron chi connectivity index (χ3n) is 0. The van der Waals surface area contributed by atoms with E-state index in [2.05, 4.69) is 0 Å². The van der Waals surface area contributed by atoms with E-state index in [1.807, 2.05) is 6.79 Å². The van der Waals surface area contributed by atoms with Crippen molar-refractivity contribution in [3.8, 4) is 0 Å². The monoisotopic (exact) mass is 286 g/mol. The second-order valence-corrected chi connectivity index (χ2v) is 2.90. The number of rotatable bonds is 0. The molecule has 76 valence electrons. The third-order valence-corrected chi connectivity index (χ3v) is 0. The first-order chi connectivity index (χ1) is 5.00. The Morgan fingerprint density at radius 2 is 1.08 bits per heavy atom. The molecule has 0 saturated heterocycles. The first-order valence-electron chi connectivity index (χ1n) is 1.60. The zero-order valence-corrected chi connectivity index (χ0v) is 11.4. The molecule has 0 radical (unpaired) electrons. The minimum atomic E-state index is -5.62. The predicted octanol–water partition coefficient (Wildman–Crippen LogP) is -5.38. The van der Waals surface area contributed by atoms with Crippen LogP contribution in [0.15, 0.2) is 0 Å². The van der Waals surface area contributed by atoms with Crippen LogP contribution in [0.1, 0.15) is 0 Å². The molecule has 12 heteroatoms. The molecule has 0 aliphatic rings. The fourth-order valence-corrected chi connectivity index (χ4v) is 0. The molecule has 0 atom stereocenters. The molecular weight excluding hydrogens is 282 g/mol. The van der Waals surface area contributed by atoms with Crippen LogP contribution in [0.5, 0.6) is 0 Å². The van der Waals surface area contributed by atoms with Crippen molar-refractivity contribution in [1.29, 1.82) is 0 Å². The summed E-state index contributed by atoms with van der Waals surface area (Å²) >= 11 is -5.62. The Kier molecular flexibility index (Phi) is 20.3. The predicted molar refractivity (Wildman–Crippen MR) is 23.4 cm³/mol. The second-order valence-electron chi connectivity index (χ2n) is 0.826. The van der Waals surface area contributed by atoms with Gasteiger partial charge in [0.05, 0.1) is 0 Å². The van der Waals surface area contributed by atoms with E-state index in [0.717, 1.165) is 0 Å². The van der Waals surface area contributed by atoms with Gasteiger partial charge in [-0.2, -0.15) is 8.42 Å². The fraction of sp³-hybridized carbons (Fsp3) is 0. The maximum absolute atomic E-state index is 8.74. The number of hydrogen-bond donors (Lipinski definition) is 2. The van der Waals surface area contributed by atoms with Gasteiger partial charge in [0.2, 0.25) is 0 Å². The van der Waals surface area contributed by atoms with E-state index in [9.17, 15) is 0 Å². The van der Waals surface area contributed by atoms with Crippen molar-refractivity contribution < 1.29 is 102 Å². The van der Waals surface area contributed by atoms with Gasteiger partial charge in [0.15, 0.2) is 0 Å². The molecule has 0 saturated carbocycles. The number of carbonyl (C=O) groups is 1. The molecule has 13 heavy (non-hydrogen) atoms. The minimum absolute atomic E-state index is 0. The Morgan fingerprint density at radius 1 is 1.08 bits per heavy atom. The molecule has 9 nitrogen and oxygen atoms in total. The van der Waals surface area contributed by atoms with Crippen LogP contribution in [-0.4, -0.2) is 24.3 Å². The summed E-state index contributed by atoms with van der Waals surface area (Å²) in [6.07, 6.45) is 0. The van der Waals surface area contributed by atoms with Crippen molar-refractivity contribution in [2.24, 2.45) is 0 Å². The molecule has 2 N–H and O–H groups in total. The first kappa shape index (κ1) is 23.7. The van der Waals surface area contributed by atoms with Crippen LogP contribution in [0.4, 0.5) is 0 Å². The SMILES string of the molecule is C=O.O=S(=O)(O)O.[K+].[O]=[Mn](=[O])(=[O])[O-]. The van der Waals surface area contributed by atoms with Crippen LogP contribution in [0, 0.1) is 0 Å². The molecule has 0 bridgehead atoms. The standard InChI is InChI=1S/CH2O.K.Mn.H2O4S.4O/c1-2;;;1-5(2,3)4;;;;/h1H2;;;(H2,1,2,3,4);;;;/q;+1;;;;;;-1. The topological polar surface area (TPSA) is 166 Å². The van der Waals surface area contributed by atoms with Gasteiger partial charge in [-0.25, -0.2) is 0 Å². The summed E-state index contributed by atoms with van der Waals surface area (Å²) in [5.41, 5.74) is 0. The first-order valence-corrected chi connectivity index (χ1v) is 4.93. The van der Waals surface area contributed by atoms with Gasteiger partial charge in [0.25, 0.3) is 0 Å². The van der Waals surface area contributed by atoms with E-state index >= 15 is 0 Å². The molecule has 0 amide bonds. The van der Waals surface area contributed by atoms with E-state index in [1.54, 1.807) is 0 Å². The van der Waals surface area contributed by atoms with Crippen LogP contribution in [0.25, 0.3) is 0 Å². The van der Waals surface area contributed by atoms with Crippen LogP contribution < -0.4 is 55.6 Å². The summed E-state index contributed by atoms with van der Waals surface area (Å²) < 4.78 is 65.9. The Morgan fingerprint density at radius 3 is 1.08 bits per heavy atom. The van der Waals surface area contributed by atoms with Crippen LogP contribution in [0.2, 0.25) is 0 Å². The van der Waals surface area contributed by atoms with Gasteiger partial charge in [-0.15, -0.1) is 0 Å². The van der Waals surface area contributed by atoms with Crippen LogP contribution >= 0.6 is 0 Å². The Balaban J connectivity index is -0.0000000491. The normalized spacial score (nSPS) is 9.15. The molecule has 0 aromatic carbocycles. The molecule has 0 rings (SSSR count). The summed E-state index contributed by atoms with van der Waals surface area (Å²) in [4.78, 5) is 8.00. The van der Waals surface area contributed by atoms with E-state index in [0.29, 0.717) is 0 Å². The van der Waals surface area contributed by atoms with E-state index < -0.39 is 23.4 Å². The summed E-state index contributed by atoms with van der Waals surface area (Å²) in [7, 11) is -4.67. The second kappa shape index (κ2) is 11.1. The zero-order chi connectivity index (χ0) is 11.0. The van der Waals surface area contributed by atoms with Crippen molar-refractivity contribution in [3.05, 3.63) is 0 Å². The fourth-order valence-electron chi connectivity index (χ4n) is 0. The number of carbonyl (C=O) groups excluding carboxylic acids is 1. The third kappa shape index (κ3) is 1430. The van der Waals surface area contributed by atoms with Crippen LogP contribution in [0.3, 0.4) is 0 Å². The van der Waals surface area contributed by atoms with Gasteiger partial charge in [-0.3, -0.25) is 9.11 Å². The van der Waals surface area contributed by atoms with Crippen LogP contribution in [-0.2, 0) is 39.7 Å². The maximum atomic E-state index is 8.74. The van der Waals surface area contributed by atoms with Crippen molar-refractivity contribution >= 4 is 17.2 Å². The Labute approximate surface area is 118 Å². The van der Waals surface area contributed by atoms with Gasteiger partial charge >= 0.3 is 90.4 Å². The van der Waals surface area contributed by atoms with Crippen molar-refractivity contribution in [1.82, 2.24) is 0 Å². The molecule has 0 aromatic rings. The van der Waals surface area contributed by atoms with Gasteiger partial charge in [0.1, 0.15) is 6.79 Å². The summed E-state index contributed by atoms with van der Waals surface area (Å²) in [6, 6.07) is 0. The molecule has 0 fully saturated rings. The zero-order valence-electron chi connectivity index (χ0n) is 6.25. The molecule has 0 heterocycles. The van der Waals surface area contributed by atoms with Crippen molar-refractivity contribution in [2.45, 2.75) is 0 Å². The molecule has 0 spiro atoms. The van der Waals surface area contributed by atoms with E-state index in [4.69, 9.17) is 38.0 Å². The quantitative estimate of drug-likeness (QED) is 0.326. The van der Waals surface area contributed by atoms with Crippen molar-refractivity contribution in [3.63, 3.8) is 0 Å². The summed E-state index contributed by atoms with van der Waals surface area (Å²) in [5, 5.41) is 0. The van der Waals surface area contributed by atoms with Crippen molar-refractivity contribution in [2.75, 3.05) is 0 Å². The summed E-state index contributed by atoms with van der Waals surface area (Å²) in [6.45, 7) is 2.00.